The van der Waals surface area contributed by atoms with Crippen molar-refractivity contribution in [2.24, 2.45) is 0 Å². The molecule has 0 atom stereocenters. The number of rotatable bonds is 11. The van der Waals surface area contributed by atoms with Gasteiger partial charge >= 0.3 is 0 Å². The van der Waals surface area contributed by atoms with E-state index in [-0.39, 0.29) is 5.91 Å². The standard InChI is InChI=1S/C28H29N3O2/c1-2-10-23-13-6-9-16-26(23)33-20-19-31-25-15-8-7-14-24(25)30-27(31)17-18-29-28(32)21-22-11-4-3-5-12-22/h2-9,11-16H,1,10,17-21H2,(H,29,32). The van der Waals surface area contributed by atoms with E-state index in [1.54, 1.807) is 0 Å². The number of carbonyl (C=O) groups is 1. The summed E-state index contributed by atoms with van der Waals surface area (Å²) >= 11 is 0. The first-order chi connectivity index (χ1) is 16.2. The van der Waals surface area contributed by atoms with E-state index in [1.807, 2.05) is 72.8 Å². The summed E-state index contributed by atoms with van der Waals surface area (Å²) in [7, 11) is 0. The van der Waals surface area contributed by atoms with E-state index < -0.39 is 0 Å². The van der Waals surface area contributed by atoms with E-state index in [4.69, 9.17) is 9.72 Å². The highest BCUT2D eigenvalue weighted by atomic mass is 16.5. The third-order valence-electron chi connectivity index (χ3n) is 5.52. The monoisotopic (exact) mass is 439 g/mol. The van der Waals surface area contributed by atoms with Gasteiger partial charge in [0.1, 0.15) is 18.2 Å². The number of hydrogen-bond donors (Lipinski definition) is 1. The Bertz CT molecular complexity index is 1210. The maximum atomic E-state index is 12.3. The van der Waals surface area contributed by atoms with Crippen LogP contribution in [0.5, 0.6) is 5.75 Å². The minimum absolute atomic E-state index is 0.0195. The minimum atomic E-state index is 0.0195. The van der Waals surface area contributed by atoms with Gasteiger partial charge in [-0.2, -0.15) is 0 Å². The number of amides is 1. The summed E-state index contributed by atoms with van der Waals surface area (Å²) < 4.78 is 8.30. The van der Waals surface area contributed by atoms with Crippen molar-refractivity contribution in [1.82, 2.24) is 14.9 Å². The van der Waals surface area contributed by atoms with Crippen LogP contribution in [0.25, 0.3) is 11.0 Å². The van der Waals surface area contributed by atoms with E-state index in [0.717, 1.165) is 40.2 Å². The largest absolute Gasteiger partial charge is 0.491 e. The van der Waals surface area contributed by atoms with Gasteiger partial charge in [-0.05, 0) is 35.7 Å². The Morgan fingerprint density at radius 1 is 1.00 bits per heavy atom. The highest BCUT2D eigenvalue weighted by Gasteiger charge is 2.12. The number of nitrogens with one attached hydrogen (secondary N) is 1. The molecule has 0 fully saturated rings. The highest BCUT2D eigenvalue weighted by Crippen LogP contribution is 2.20. The Morgan fingerprint density at radius 3 is 2.61 bits per heavy atom. The van der Waals surface area contributed by atoms with Gasteiger partial charge in [0.25, 0.3) is 0 Å². The van der Waals surface area contributed by atoms with Crippen LogP contribution in [-0.2, 0) is 30.6 Å². The molecule has 0 spiro atoms. The summed E-state index contributed by atoms with van der Waals surface area (Å²) in [6.45, 7) is 5.58. The molecule has 1 N–H and O–H groups in total. The van der Waals surface area contributed by atoms with Crippen LogP contribution < -0.4 is 10.1 Å². The normalized spacial score (nSPS) is 10.8. The molecule has 4 rings (SSSR count). The predicted molar refractivity (Wildman–Crippen MR) is 132 cm³/mol. The molecular weight excluding hydrogens is 410 g/mol. The molecule has 0 aliphatic rings. The van der Waals surface area contributed by atoms with Crippen molar-refractivity contribution >= 4 is 16.9 Å². The number of para-hydroxylation sites is 3. The molecule has 0 unspecified atom stereocenters. The van der Waals surface area contributed by atoms with Gasteiger partial charge in [0.2, 0.25) is 5.91 Å². The Kier molecular flexibility index (Phi) is 7.54. The van der Waals surface area contributed by atoms with E-state index in [1.165, 1.54) is 0 Å². The van der Waals surface area contributed by atoms with Gasteiger partial charge in [0.05, 0.1) is 24.0 Å². The molecule has 1 amide bonds. The molecule has 0 aliphatic heterocycles. The third kappa shape index (κ3) is 5.89. The van der Waals surface area contributed by atoms with Crippen molar-refractivity contribution in [2.45, 2.75) is 25.8 Å². The SMILES string of the molecule is C=CCc1ccccc1OCCn1c(CCNC(=O)Cc2ccccc2)nc2ccccc21. The van der Waals surface area contributed by atoms with Gasteiger partial charge in [0, 0.05) is 13.0 Å². The molecular formula is C28H29N3O2. The summed E-state index contributed by atoms with van der Waals surface area (Å²) in [5, 5.41) is 3.02. The zero-order chi connectivity index (χ0) is 22.9. The van der Waals surface area contributed by atoms with Crippen LogP contribution in [0.2, 0.25) is 0 Å². The number of benzene rings is 3. The minimum Gasteiger partial charge on any atom is -0.491 e. The van der Waals surface area contributed by atoms with E-state index in [0.29, 0.717) is 32.5 Å². The van der Waals surface area contributed by atoms with Crippen LogP contribution in [0.1, 0.15) is 17.0 Å². The third-order valence-corrected chi connectivity index (χ3v) is 5.52. The Balaban J connectivity index is 1.39. The Hall–Kier alpha value is -3.86. The predicted octanol–water partition coefficient (Wildman–Crippen LogP) is 4.75. The summed E-state index contributed by atoms with van der Waals surface area (Å²) in [4.78, 5) is 17.1. The lowest BCUT2D eigenvalue weighted by molar-refractivity contribution is -0.120. The zero-order valence-corrected chi connectivity index (χ0v) is 18.7. The van der Waals surface area contributed by atoms with Gasteiger partial charge in [-0.1, -0.05) is 66.7 Å². The fourth-order valence-corrected chi connectivity index (χ4v) is 3.94. The fraction of sp³-hybridized carbons (Fsp3) is 0.214. The molecule has 3 aromatic carbocycles. The summed E-state index contributed by atoms with van der Waals surface area (Å²) in [6, 6.07) is 25.9. The van der Waals surface area contributed by atoms with Crippen molar-refractivity contribution in [1.29, 1.82) is 0 Å². The van der Waals surface area contributed by atoms with Crippen molar-refractivity contribution in [3.8, 4) is 5.75 Å². The smallest absolute Gasteiger partial charge is 0.224 e. The average Bonchev–Trinajstić information content (AvgIpc) is 3.18. The first-order valence-electron chi connectivity index (χ1n) is 11.3. The zero-order valence-electron chi connectivity index (χ0n) is 18.7. The van der Waals surface area contributed by atoms with Crippen LogP contribution in [0.15, 0.2) is 91.5 Å². The number of nitrogens with zero attached hydrogens (tertiary/aromatic N) is 2. The summed E-state index contributed by atoms with van der Waals surface area (Å²) in [5.41, 5.74) is 4.17. The molecule has 0 radical (unpaired) electrons. The second-order valence-corrected chi connectivity index (χ2v) is 7.88. The van der Waals surface area contributed by atoms with Gasteiger partial charge in [-0.15, -0.1) is 6.58 Å². The number of allylic oxidation sites excluding steroid dienone is 1. The average molecular weight is 440 g/mol. The molecule has 5 nitrogen and oxygen atoms in total. The topological polar surface area (TPSA) is 56.1 Å². The molecule has 33 heavy (non-hydrogen) atoms. The summed E-state index contributed by atoms with van der Waals surface area (Å²) in [5.74, 6) is 1.85. The van der Waals surface area contributed by atoms with E-state index in [9.17, 15) is 4.79 Å². The van der Waals surface area contributed by atoms with Gasteiger partial charge in [0.15, 0.2) is 0 Å². The molecule has 0 saturated heterocycles. The first-order valence-corrected chi connectivity index (χ1v) is 11.3. The van der Waals surface area contributed by atoms with Crippen LogP contribution >= 0.6 is 0 Å². The number of carbonyl (C=O) groups excluding carboxylic acids is 1. The molecule has 1 aromatic heterocycles. The Labute approximate surface area is 194 Å². The maximum Gasteiger partial charge on any atom is 0.224 e. The van der Waals surface area contributed by atoms with E-state index in [2.05, 4.69) is 28.6 Å². The molecule has 5 heteroatoms. The lowest BCUT2D eigenvalue weighted by Gasteiger charge is -2.13. The number of hydrogen-bond acceptors (Lipinski definition) is 3. The quantitative estimate of drug-likeness (QED) is 0.343. The lowest BCUT2D eigenvalue weighted by atomic mass is 10.1. The highest BCUT2D eigenvalue weighted by molar-refractivity contribution is 5.78. The molecule has 168 valence electrons. The van der Waals surface area contributed by atoms with Crippen LogP contribution in [-0.4, -0.2) is 28.6 Å². The van der Waals surface area contributed by atoms with Gasteiger partial charge < -0.3 is 14.6 Å². The fourth-order valence-electron chi connectivity index (χ4n) is 3.94. The van der Waals surface area contributed by atoms with E-state index >= 15 is 0 Å². The molecule has 4 aromatic rings. The second-order valence-electron chi connectivity index (χ2n) is 7.88. The Morgan fingerprint density at radius 2 is 1.76 bits per heavy atom. The first kappa shape index (κ1) is 22.3. The molecule has 0 aliphatic carbocycles. The molecule has 0 bridgehead atoms. The van der Waals surface area contributed by atoms with Gasteiger partial charge in [-0.3, -0.25) is 4.79 Å². The van der Waals surface area contributed by atoms with Crippen molar-refractivity contribution < 1.29 is 9.53 Å². The van der Waals surface area contributed by atoms with Crippen molar-refractivity contribution in [3.63, 3.8) is 0 Å². The van der Waals surface area contributed by atoms with Crippen molar-refractivity contribution in [3.05, 3.63) is 108 Å². The maximum absolute atomic E-state index is 12.3. The van der Waals surface area contributed by atoms with Gasteiger partial charge in [-0.25, -0.2) is 4.98 Å². The van der Waals surface area contributed by atoms with Crippen molar-refractivity contribution in [2.75, 3.05) is 13.2 Å². The number of imidazole rings is 1. The van der Waals surface area contributed by atoms with Crippen LogP contribution in [0, 0.1) is 0 Å². The number of fused-ring (bicyclic) bond motifs is 1. The van der Waals surface area contributed by atoms with Crippen LogP contribution in [0.3, 0.4) is 0 Å². The number of ether oxygens (including phenoxy) is 1. The lowest BCUT2D eigenvalue weighted by Crippen LogP contribution is -2.28. The van der Waals surface area contributed by atoms with Crippen LogP contribution in [0.4, 0.5) is 0 Å². The molecule has 1 heterocycles. The number of aromatic nitrogens is 2. The molecule has 0 saturated carbocycles. The second kappa shape index (κ2) is 11.1. The summed E-state index contributed by atoms with van der Waals surface area (Å²) in [6.07, 6.45) is 3.70.